The molecule has 0 aliphatic carbocycles. The van der Waals surface area contributed by atoms with E-state index in [0.717, 1.165) is 53.8 Å². The van der Waals surface area contributed by atoms with Crippen molar-refractivity contribution in [3.63, 3.8) is 0 Å². The van der Waals surface area contributed by atoms with Gasteiger partial charge in [-0.1, -0.05) is 67.6 Å². The zero-order valence-corrected chi connectivity index (χ0v) is 17.9. The fourth-order valence-electron chi connectivity index (χ4n) is 3.03. The van der Waals surface area contributed by atoms with Crippen LogP contribution in [0.2, 0.25) is 0 Å². The molecule has 1 aromatic heterocycles. The number of carbonyl (C=O) groups excluding carboxylic acids is 1. The van der Waals surface area contributed by atoms with Gasteiger partial charge < -0.3 is 5.32 Å². The van der Waals surface area contributed by atoms with E-state index in [1.807, 2.05) is 30.3 Å². The third-order valence-corrected chi connectivity index (χ3v) is 5.57. The van der Waals surface area contributed by atoms with Crippen molar-refractivity contribution in [3.8, 4) is 17.1 Å². The fraction of sp³-hybridized carbons (Fsp3) is 0.348. The highest BCUT2D eigenvalue weighted by Crippen LogP contribution is 2.28. The summed E-state index contributed by atoms with van der Waals surface area (Å²) in [6.07, 6.45) is 3.47. The van der Waals surface area contributed by atoms with E-state index in [1.54, 1.807) is 11.8 Å². The highest BCUT2D eigenvalue weighted by atomic mass is 32.2. The molecule has 0 radical (unpaired) electrons. The Balaban J connectivity index is 1.72. The molecule has 1 heterocycles. The zero-order chi connectivity index (χ0) is 20.5. The monoisotopic (exact) mass is 408 g/mol. The van der Waals surface area contributed by atoms with E-state index in [1.165, 1.54) is 5.56 Å². The number of aromatic nitrogens is 3. The molecule has 0 aliphatic heterocycles. The molecule has 1 amide bonds. The first kappa shape index (κ1) is 21.1. The van der Waals surface area contributed by atoms with Gasteiger partial charge in [-0.05, 0) is 37.5 Å². The van der Waals surface area contributed by atoms with Crippen molar-refractivity contribution < 1.29 is 4.79 Å². The van der Waals surface area contributed by atoms with Gasteiger partial charge in [0.2, 0.25) is 5.91 Å². The lowest BCUT2D eigenvalue weighted by molar-refractivity contribution is -0.121. The van der Waals surface area contributed by atoms with Gasteiger partial charge in [-0.15, -0.1) is 10.2 Å². The summed E-state index contributed by atoms with van der Waals surface area (Å²) >= 11 is 1.64. The molecular weight excluding hydrogens is 380 g/mol. The number of hydrogen-bond donors (Lipinski definition) is 1. The summed E-state index contributed by atoms with van der Waals surface area (Å²) in [7, 11) is 0. The minimum atomic E-state index is 0.129. The summed E-state index contributed by atoms with van der Waals surface area (Å²) < 4.78 is 2.11. The maximum absolute atomic E-state index is 11.9. The minimum absolute atomic E-state index is 0.129. The first-order valence-corrected chi connectivity index (χ1v) is 11.1. The van der Waals surface area contributed by atoms with Crippen molar-refractivity contribution in [2.75, 3.05) is 12.3 Å². The number of unbranched alkanes of at least 4 members (excludes halogenated alkanes) is 1. The molecule has 3 rings (SSSR count). The predicted octanol–water partition coefficient (Wildman–Crippen LogP) is 5.03. The lowest BCUT2D eigenvalue weighted by atomic mass is 10.2. The molecule has 6 heteroatoms. The SMILES string of the molecule is CCCCNC(=O)CCCSc1nnc(-c2ccccc2)n1-c1cccc(C)c1. The Morgan fingerprint density at radius 1 is 1.07 bits per heavy atom. The Bertz CT molecular complexity index is 924. The molecule has 0 bridgehead atoms. The van der Waals surface area contributed by atoms with E-state index < -0.39 is 0 Å². The average molecular weight is 409 g/mol. The fourth-order valence-corrected chi connectivity index (χ4v) is 3.92. The number of hydrogen-bond acceptors (Lipinski definition) is 4. The number of thioether (sulfide) groups is 1. The van der Waals surface area contributed by atoms with E-state index in [0.29, 0.717) is 6.42 Å². The molecule has 2 aromatic carbocycles. The Labute approximate surface area is 176 Å². The molecule has 0 spiro atoms. The van der Waals surface area contributed by atoms with Crippen LogP contribution in [0.25, 0.3) is 17.1 Å². The Kier molecular flexibility index (Phi) is 7.87. The van der Waals surface area contributed by atoms with Crippen molar-refractivity contribution in [2.24, 2.45) is 0 Å². The molecule has 3 aromatic rings. The first-order chi connectivity index (χ1) is 14.2. The summed E-state index contributed by atoms with van der Waals surface area (Å²) in [5, 5.41) is 12.7. The van der Waals surface area contributed by atoms with Crippen molar-refractivity contribution in [3.05, 3.63) is 60.2 Å². The number of rotatable bonds is 10. The van der Waals surface area contributed by atoms with E-state index in [2.05, 4.69) is 58.2 Å². The third-order valence-electron chi connectivity index (χ3n) is 4.56. The third kappa shape index (κ3) is 5.94. The minimum Gasteiger partial charge on any atom is -0.356 e. The van der Waals surface area contributed by atoms with Gasteiger partial charge in [-0.25, -0.2) is 0 Å². The molecular formula is C23H28N4OS. The van der Waals surface area contributed by atoms with Crippen LogP contribution in [-0.2, 0) is 4.79 Å². The molecule has 0 saturated carbocycles. The van der Waals surface area contributed by atoms with E-state index >= 15 is 0 Å². The van der Waals surface area contributed by atoms with Crippen molar-refractivity contribution in [1.82, 2.24) is 20.1 Å². The van der Waals surface area contributed by atoms with Crippen molar-refractivity contribution in [2.45, 2.75) is 44.7 Å². The molecule has 0 unspecified atom stereocenters. The number of benzene rings is 2. The largest absolute Gasteiger partial charge is 0.356 e. The van der Waals surface area contributed by atoms with Crippen molar-refractivity contribution in [1.29, 1.82) is 0 Å². The standard InChI is InChI=1S/C23H28N4OS/c1-3-4-15-24-21(28)14-9-16-29-23-26-25-22(19-11-6-5-7-12-19)27(23)20-13-8-10-18(2)17-20/h5-8,10-13,17H,3-4,9,14-16H2,1-2H3,(H,24,28). The Morgan fingerprint density at radius 2 is 1.90 bits per heavy atom. The van der Waals surface area contributed by atoms with Crippen LogP contribution in [0.1, 0.15) is 38.2 Å². The van der Waals surface area contributed by atoms with E-state index in [-0.39, 0.29) is 5.91 Å². The number of nitrogens with zero attached hydrogens (tertiary/aromatic N) is 3. The van der Waals surface area contributed by atoms with E-state index in [9.17, 15) is 4.79 Å². The zero-order valence-electron chi connectivity index (χ0n) is 17.1. The van der Waals surface area contributed by atoms with Gasteiger partial charge in [-0.2, -0.15) is 0 Å². The lowest BCUT2D eigenvalue weighted by Gasteiger charge is -2.11. The Hall–Kier alpha value is -2.60. The van der Waals surface area contributed by atoms with Crippen LogP contribution >= 0.6 is 11.8 Å². The lowest BCUT2D eigenvalue weighted by Crippen LogP contribution is -2.24. The smallest absolute Gasteiger partial charge is 0.220 e. The van der Waals surface area contributed by atoms with Gasteiger partial charge >= 0.3 is 0 Å². The normalized spacial score (nSPS) is 10.8. The number of amides is 1. The van der Waals surface area contributed by atoms with Crippen LogP contribution < -0.4 is 5.32 Å². The summed E-state index contributed by atoms with van der Waals surface area (Å²) in [5.74, 6) is 1.78. The molecule has 0 fully saturated rings. The molecule has 0 aliphatic rings. The number of aryl methyl sites for hydroxylation is 1. The maximum Gasteiger partial charge on any atom is 0.220 e. The molecule has 152 valence electrons. The maximum atomic E-state index is 11.9. The van der Waals surface area contributed by atoms with Gasteiger partial charge in [0.15, 0.2) is 11.0 Å². The van der Waals surface area contributed by atoms with Crippen LogP contribution in [0.15, 0.2) is 59.8 Å². The predicted molar refractivity (Wildman–Crippen MR) is 119 cm³/mol. The van der Waals surface area contributed by atoms with Crippen LogP contribution in [-0.4, -0.2) is 33.0 Å². The first-order valence-electron chi connectivity index (χ1n) is 10.2. The molecule has 0 atom stereocenters. The van der Waals surface area contributed by atoms with Gasteiger partial charge in [0, 0.05) is 30.0 Å². The number of nitrogens with one attached hydrogen (secondary N) is 1. The second-order valence-corrected chi connectivity index (χ2v) is 8.06. The van der Waals surface area contributed by atoms with Gasteiger partial charge in [0.05, 0.1) is 0 Å². The average Bonchev–Trinajstić information content (AvgIpc) is 3.16. The highest BCUT2D eigenvalue weighted by molar-refractivity contribution is 7.99. The summed E-state index contributed by atoms with van der Waals surface area (Å²) in [4.78, 5) is 11.9. The highest BCUT2D eigenvalue weighted by Gasteiger charge is 2.16. The molecule has 5 nitrogen and oxygen atoms in total. The second kappa shape index (κ2) is 10.8. The summed E-state index contributed by atoms with van der Waals surface area (Å²) in [6, 6.07) is 18.5. The van der Waals surface area contributed by atoms with Gasteiger partial charge in [-0.3, -0.25) is 9.36 Å². The van der Waals surface area contributed by atoms with Gasteiger partial charge in [0.25, 0.3) is 0 Å². The second-order valence-electron chi connectivity index (χ2n) is 7.00. The molecule has 0 saturated heterocycles. The van der Waals surface area contributed by atoms with Gasteiger partial charge in [0.1, 0.15) is 0 Å². The van der Waals surface area contributed by atoms with E-state index in [4.69, 9.17) is 0 Å². The van der Waals surface area contributed by atoms with Crippen LogP contribution in [0, 0.1) is 6.92 Å². The Morgan fingerprint density at radius 3 is 2.66 bits per heavy atom. The molecule has 1 N–H and O–H groups in total. The quantitative estimate of drug-likeness (QED) is 0.377. The van der Waals surface area contributed by atoms with Crippen LogP contribution in [0.5, 0.6) is 0 Å². The topological polar surface area (TPSA) is 59.8 Å². The summed E-state index contributed by atoms with van der Waals surface area (Å²) in [6.45, 7) is 4.97. The molecule has 29 heavy (non-hydrogen) atoms. The number of carbonyl (C=O) groups is 1. The summed E-state index contributed by atoms with van der Waals surface area (Å²) in [5.41, 5.74) is 3.27. The van der Waals surface area contributed by atoms with Crippen LogP contribution in [0.3, 0.4) is 0 Å². The van der Waals surface area contributed by atoms with Crippen LogP contribution in [0.4, 0.5) is 0 Å². The van der Waals surface area contributed by atoms with Crippen molar-refractivity contribution >= 4 is 17.7 Å².